The van der Waals surface area contributed by atoms with E-state index in [1.807, 2.05) is 13.8 Å². The fourth-order valence-electron chi connectivity index (χ4n) is 1.36. The van der Waals surface area contributed by atoms with E-state index in [9.17, 15) is 4.79 Å². The van der Waals surface area contributed by atoms with E-state index < -0.39 is 0 Å². The van der Waals surface area contributed by atoms with Crippen LogP contribution in [-0.4, -0.2) is 42.6 Å². The molecule has 0 aliphatic rings. The molecule has 100 valence electrons. The first kappa shape index (κ1) is 14.0. The zero-order chi connectivity index (χ0) is 13.7. The SMILES string of the molecule is CNC(=O)CN(C)c1ncnc(OC(C)C)c1N. The third-order valence-electron chi connectivity index (χ3n) is 2.19. The lowest BCUT2D eigenvalue weighted by Crippen LogP contribution is -2.33. The van der Waals surface area contributed by atoms with Crippen molar-refractivity contribution in [2.75, 3.05) is 31.3 Å². The van der Waals surface area contributed by atoms with Crippen LogP contribution in [0, 0.1) is 0 Å². The Balaban J connectivity index is 2.92. The van der Waals surface area contributed by atoms with Crippen LogP contribution in [0.5, 0.6) is 5.88 Å². The van der Waals surface area contributed by atoms with Gasteiger partial charge in [-0.3, -0.25) is 4.79 Å². The number of nitrogen functional groups attached to an aromatic ring is 1. The van der Waals surface area contributed by atoms with Gasteiger partial charge in [-0.1, -0.05) is 0 Å². The largest absolute Gasteiger partial charge is 0.473 e. The van der Waals surface area contributed by atoms with Gasteiger partial charge in [0, 0.05) is 14.1 Å². The zero-order valence-corrected chi connectivity index (χ0v) is 11.1. The van der Waals surface area contributed by atoms with Gasteiger partial charge in [0.2, 0.25) is 11.8 Å². The number of nitrogens with one attached hydrogen (secondary N) is 1. The second-order valence-corrected chi connectivity index (χ2v) is 4.11. The summed E-state index contributed by atoms with van der Waals surface area (Å²) in [7, 11) is 3.31. The van der Waals surface area contributed by atoms with Gasteiger partial charge in [-0.05, 0) is 13.8 Å². The summed E-state index contributed by atoms with van der Waals surface area (Å²) in [5, 5.41) is 2.54. The summed E-state index contributed by atoms with van der Waals surface area (Å²) in [6.45, 7) is 3.93. The third kappa shape index (κ3) is 3.47. The molecule has 0 saturated heterocycles. The minimum absolute atomic E-state index is 0.0284. The Labute approximate surface area is 106 Å². The van der Waals surface area contributed by atoms with E-state index in [-0.39, 0.29) is 18.6 Å². The van der Waals surface area contributed by atoms with Gasteiger partial charge in [-0.2, -0.15) is 4.98 Å². The molecule has 0 spiro atoms. The lowest BCUT2D eigenvalue weighted by Gasteiger charge is -2.20. The van der Waals surface area contributed by atoms with Gasteiger partial charge < -0.3 is 20.7 Å². The van der Waals surface area contributed by atoms with Gasteiger partial charge in [0.15, 0.2) is 5.82 Å². The average Bonchev–Trinajstić information content (AvgIpc) is 2.31. The van der Waals surface area contributed by atoms with Gasteiger partial charge in [0.25, 0.3) is 0 Å². The molecule has 3 N–H and O–H groups in total. The maximum Gasteiger partial charge on any atom is 0.242 e. The highest BCUT2D eigenvalue weighted by Gasteiger charge is 2.15. The minimum atomic E-state index is -0.123. The lowest BCUT2D eigenvalue weighted by atomic mass is 10.4. The van der Waals surface area contributed by atoms with Crippen LogP contribution < -0.4 is 20.7 Å². The van der Waals surface area contributed by atoms with Gasteiger partial charge >= 0.3 is 0 Å². The first-order valence-corrected chi connectivity index (χ1v) is 5.64. The van der Waals surface area contributed by atoms with E-state index >= 15 is 0 Å². The minimum Gasteiger partial charge on any atom is -0.473 e. The number of amides is 1. The van der Waals surface area contributed by atoms with Crippen LogP contribution in [0.25, 0.3) is 0 Å². The number of hydrogen-bond acceptors (Lipinski definition) is 6. The van der Waals surface area contributed by atoms with E-state index in [4.69, 9.17) is 10.5 Å². The Kier molecular flexibility index (Phi) is 4.70. The number of carbonyl (C=O) groups excluding carboxylic acids is 1. The summed E-state index contributed by atoms with van der Waals surface area (Å²) < 4.78 is 5.46. The number of nitrogens with two attached hydrogens (primary N) is 1. The molecule has 0 aliphatic carbocycles. The summed E-state index contributed by atoms with van der Waals surface area (Å²) in [4.78, 5) is 21.0. The number of rotatable bonds is 5. The van der Waals surface area contributed by atoms with Gasteiger partial charge in [0.1, 0.15) is 12.0 Å². The normalized spacial score (nSPS) is 10.3. The number of anilines is 2. The smallest absolute Gasteiger partial charge is 0.242 e. The van der Waals surface area contributed by atoms with Gasteiger partial charge in [-0.25, -0.2) is 4.98 Å². The fourth-order valence-corrected chi connectivity index (χ4v) is 1.36. The highest BCUT2D eigenvalue weighted by atomic mass is 16.5. The van der Waals surface area contributed by atoms with Crippen molar-refractivity contribution < 1.29 is 9.53 Å². The Morgan fingerprint density at radius 1 is 1.56 bits per heavy atom. The van der Waals surface area contributed by atoms with E-state index in [1.54, 1.807) is 19.0 Å². The summed E-state index contributed by atoms with van der Waals surface area (Å²) in [5.41, 5.74) is 6.26. The molecule has 1 amide bonds. The topological polar surface area (TPSA) is 93.4 Å². The first-order chi connectivity index (χ1) is 8.45. The quantitative estimate of drug-likeness (QED) is 0.769. The van der Waals surface area contributed by atoms with Crippen molar-refractivity contribution >= 4 is 17.4 Å². The van der Waals surface area contributed by atoms with Crippen molar-refractivity contribution in [3.63, 3.8) is 0 Å². The van der Waals surface area contributed by atoms with Crippen LogP contribution in [0.1, 0.15) is 13.8 Å². The van der Waals surface area contributed by atoms with Crippen molar-refractivity contribution in [2.24, 2.45) is 0 Å². The number of aromatic nitrogens is 2. The number of carbonyl (C=O) groups is 1. The van der Waals surface area contributed by atoms with Crippen LogP contribution in [0.3, 0.4) is 0 Å². The Morgan fingerprint density at radius 3 is 2.78 bits per heavy atom. The molecule has 0 aliphatic heterocycles. The van der Waals surface area contributed by atoms with Crippen LogP contribution >= 0.6 is 0 Å². The van der Waals surface area contributed by atoms with Crippen molar-refractivity contribution in [3.8, 4) is 5.88 Å². The van der Waals surface area contributed by atoms with E-state index in [0.29, 0.717) is 17.4 Å². The van der Waals surface area contributed by atoms with E-state index in [2.05, 4.69) is 15.3 Å². The van der Waals surface area contributed by atoms with Gasteiger partial charge in [-0.15, -0.1) is 0 Å². The summed E-state index contributed by atoms with van der Waals surface area (Å²) in [6, 6.07) is 0. The summed E-state index contributed by atoms with van der Waals surface area (Å²) in [6.07, 6.45) is 1.34. The van der Waals surface area contributed by atoms with Crippen LogP contribution in [0.2, 0.25) is 0 Å². The molecule has 0 unspecified atom stereocenters. The molecule has 0 fully saturated rings. The van der Waals surface area contributed by atoms with Crippen molar-refractivity contribution in [2.45, 2.75) is 20.0 Å². The monoisotopic (exact) mass is 253 g/mol. The molecule has 0 aromatic carbocycles. The number of ether oxygens (including phenoxy) is 1. The molecule has 18 heavy (non-hydrogen) atoms. The standard InChI is InChI=1S/C11H19N5O2/c1-7(2)18-11-9(12)10(14-6-15-11)16(4)5-8(17)13-3/h6-7H,5,12H2,1-4H3,(H,13,17). The molecule has 0 radical (unpaired) electrons. The fraction of sp³-hybridized carbons (Fsp3) is 0.545. The molecular formula is C11H19N5O2. The van der Waals surface area contributed by atoms with Crippen molar-refractivity contribution in [1.82, 2.24) is 15.3 Å². The molecule has 0 bridgehead atoms. The maximum absolute atomic E-state index is 11.3. The second kappa shape index (κ2) is 6.04. The van der Waals surface area contributed by atoms with Crippen LogP contribution in [0.4, 0.5) is 11.5 Å². The third-order valence-corrected chi connectivity index (χ3v) is 2.19. The molecular weight excluding hydrogens is 234 g/mol. The Morgan fingerprint density at radius 2 is 2.22 bits per heavy atom. The Hall–Kier alpha value is -2.05. The number of likely N-dealkylation sites (N-methyl/N-ethyl adjacent to an activating group) is 2. The number of hydrogen-bond donors (Lipinski definition) is 2. The predicted molar refractivity (Wildman–Crippen MR) is 69.5 cm³/mol. The molecule has 7 nitrogen and oxygen atoms in total. The van der Waals surface area contributed by atoms with E-state index in [1.165, 1.54) is 6.33 Å². The van der Waals surface area contributed by atoms with Crippen molar-refractivity contribution in [3.05, 3.63) is 6.33 Å². The summed E-state index contributed by atoms with van der Waals surface area (Å²) in [5.74, 6) is 0.685. The van der Waals surface area contributed by atoms with Gasteiger partial charge in [0.05, 0.1) is 12.6 Å². The maximum atomic E-state index is 11.3. The molecule has 7 heteroatoms. The first-order valence-electron chi connectivity index (χ1n) is 5.64. The second-order valence-electron chi connectivity index (χ2n) is 4.11. The molecule has 1 aromatic heterocycles. The highest BCUT2D eigenvalue weighted by Crippen LogP contribution is 2.27. The average molecular weight is 253 g/mol. The number of nitrogens with zero attached hydrogens (tertiary/aromatic N) is 3. The van der Waals surface area contributed by atoms with Crippen LogP contribution in [-0.2, 0) is 4.79 Å². The molecule has 1 aromatic rings. The molecule has 0 saturated carbocycles. The van der Waals surface area contributed by atoms with Crippen LogP contribution in [0.15, 0.2) is 6.33 Å². The highest BCUT2D eigenvalue weighted by molar-refractivity contribution is 5.82. The Bertz CT molecular complexity index is 422. The predicted octanol–water partition coefficient (Wildman–Crippen LogP) is 0.0282. The summed E-state index contributed by atoms with van der Waals surface area (Å²) >= 11 is 0. The van der Waals surface area contributed by atoms with E-state index in [0.717, 1.165) is 0 Å². The zero-order valence-electron chi connectivity index (χ0n) is 11.1. The molecule has 0 atom stereocenters. The molecule has 1 rings (SSSR count). The van der Waals surface area contributed by atoms with Crippen molar-refractivity contribution in [1.29, 1.82) is 0 Å². The lowest BCUT2D eigenvalue weighted by molar-refractivity contribution is -0.119. The molecule has 1 heterocycles.